The minimum Gasteiger partial charge on any atom is -0.481 e. The fourth-order valence-electron chi connectivity index (χ4n) is 1.28. The zero-order valence-corrected chi connectivity index (χ0v) is 7.64. The summed E-state index contributed by atoms with van der Waals surface area (Å²) in [5.41, 5.74) is 0.657. The molecule has 1 N–H and O–H groups in total. The molecule has 1 atom stereocenters. The number of carboxylic acids is 1. The van der Waals surface area contributed by atoms with Gasteiger partial charge in [-0.1, -0.05) is 13.8 Å². The summed E-state index contributed by atoms with van der Waals surface area (Å²) in [6, 6.07) is 0. The summed E-state index contributed by atoms with van der Waals surface area (Å²) < 4.78 is 0. The monoisotopic (exact) mass is 180 g/mol. The molecule has 0 saturated carbocycles. The van der Waals surface area contributed by atoms with Crippen molar-refractivity contribution in [3.63, 3.8) is 0 Å². The van der Waals surface area contributed by atoms with Crippen molar-refractivity contribution in [1.29, 1.82) is 0 Å². The van der Waals surface area contributed by atoms with Crippen molar-refractivity contribution in [2.24, 2.45) is 5.92 Å². The minimum atomic E-state index is -0.829. The zero-order valence-electron chi connectivity index (χ0n) is 7.64. The van der Waals surface area contributed by atoms with Crippen LogP contribution in [0.1, 0.15) is 25.3 Å². The lowest BCUT2D eigenvalue weighted by Crippen LogP contribution is -2.17. The van der Waals surface area contributed by atoms with Crippen molar-refractivity contribution in [3.05, 3.63) is 24.3 Å². The Bertz CT molecular complexity index is 285. The number of aliphatic carboxylic acids is 1. The first-order valence-electron chi connectivity index (χ1n) is 4.10. The summed E-state index contributed by atoms with van der Waals surface area (Å²) in [5.74, 6) is -1.30. The average molecular weight is 180 g/mol. The third kappa shape index (κ3) is 2.24. The van der Waals surface area contributed by atoms with Crippen molar-refractivity contribution in [1.82, 2.24) is 9.97 Å². The van der Waals surface area contributed by atoms with Crippen LogP contribution >= 0.6 is 0 Å². The van der Waals surface area contributed by atoms with Crippen LogP contribution in [0.4, 0.5) is 0 Å². The Morgan fingerprint density at radius 3 is 2.31 bits per heavy atom. The summed E-state index contributed by atoms with van der Waals surface area (Å²) >= 11 is 0. The van der Waals surface area contributed by atoms with Gasteiger partial charge in [-0.15, -0.1) is 0 Å². The van der Waals surface area contributed by atoms with Gasteiger partial charge in [0, 0.05) is 18.0 Å². The molecule has 0 aromatic carbocycles. The standard InChI is InChI=1S/C9H12N2O2/c1-6(2)8(9(12)13)7-3-10-5-11-4-7/h3-6,8H,1-2H3,(H,12,13). The number of hydrogen-bond acceptors (Lipinski definition) is 3. The fraction of sp³-hybridized carbons (Fsp3) is 0.444. The lowest BCUT2D eigenvalue weighted by molar-refractivity contribution is -0.139. The Hall–Kier alpha value is -1.45. The van der Waals surface area contributed by atoms with Crippen molar-refractivity contribution < 1.29 is 9.90 Å². The quantitative estimate of drug-likeness (QED) is 0.761. The number of carbonyl (C=O) groups is 1. The lowest BCUT2D eigenvalue weighted by atomic mass is 9.90. The Labute approximate surface area is 76.7 Å². The molecule has 0 radical (unpaired) electrons. The summed E-state index contributed by atoms with van der Waals surface area (Å²) in [4.78, 5) is 18.5. The second-order valence-electron chi connectivity index (χ2n) is 3.23. The molecule has 0 spiro atoms. The lowest BCUT2D eigenvalue weighted by Gasteiger charge is -2.14. The highest BCUT2D eigenvalue weighted by molar-refractivity contribution is 5.76. The summed E-state index contributed by atoms with van der Waals surface area (Å²) in [5, 5.41) is 8.94. The molecule has 1 rings (SSSR count). The largest absolute Gasteiger partial charge is 0.481 e. The number of aromatic nitrogens is 2. The van der Waals surface area contributed by atoms with Gasteiger partial charge in [0.05, 0.1) is 5.92 Å². The highest BCUT2D eigenvalue weighted by Gasteiger charge is 2.23. The van der Waals surface area contributed by atoms with Crippen molar-refractivity contribution in [2.45, 2.75) is 19.8 Å². The van der Waals surface area contributed by atoms with Crippen LogP contribution in [0.5, 0.6) is 0 Å². The first kappa shape index (κ1) is 9.64. The van der Waals surface area contributed by atoms with E-state index in [2.05, 4.69) is 9.97 Å². The summed E-state index contributed by atoms with van der Waals surface area (Å²) in [7, 11) is 0. The van der Waals surface area contributed by atoms with Crippen molar-refractivity contribution in [2.75, 3.05) is 0 Å². The maximum absolute atomic E-state index is 10.9. The van der Waals surface area contributed by atoms with Gasteiger partial charge in [0.2, 0.25) is 0 Å². The molecule has 0 bridgehead atoms. The fourth-order valence-corrected chi connectivity index (χ4v) is 1.28. The minimum absolute atomic E-state index is 0.0449. The number of nitrogens with zero attached hydrogens (tertiary/aromatic N) is 2. The zero-order chi connectivity index (χ0) is 9.84. The molecular weight excluding hydrogens is 168 g/mol. The summed E-state index contributed by atoms with van der Waals surface area (Å²) in [6.07, 6.45) is 4.49. The van der Waals surface area contributed by atoms with Crippen LogP contribution in [0.15, 0.2) is 18.7 Å². The molecule has 0 aliphatic carbocycles. The average Bonchev–Trinajstić information content (AvgIpc) is 2.04. The van der Waals surface area contributed by atoms with Gasteiger partial charge < -0.3 is 5.11 Å². The van der Waals surface area contributed by atoms with Crippen molar-refractivity contribution in [3.8, 4) is 0 Å². The van der Waals surface area contributed by atoms with E-state index in [9.17, 15) is 4.79 Å². The van der Waals surface area contributed by atoms with Crippen LogP contribution in [0, 0.1) is 5.92 Å². The second-order valence-corrected chi connectivity index (χ2v) is 3.23. The maximum atomic E-state index is 10.9. The first-order valence-corrected chi connectivity index (χ1v) is 4.10. The van der Waals surface area contributed by atoms with Gasteiger partial charge in [-0.3, -0.25) is 4.79 Å². The van der Waals surface area contributed by atoms with E-state index in [4.69, 9.17) is 5.11 Å². The topological polar surface area (TPSA) is 63.1 Å². The predicted molar refractivity (Wildman–Crippen MR) is 47.2 cm³/mol. The van der Waals surface area contributed by atoms with Crippen LogP contribution in [0.3, 0.4) is 0 Å². The van der Waals surface area contributed by atoms with E-state index >= 15 is 0 Å². The van der Waals surface area contributed by atoms with Gasteiger partial charge >= 0.3 is 5.97 Å². The molecule has 0 aliphatic rings. The van der Waals surface area contributed by atoms with Crippen LogP contribution in [0.25, 0.3) is 0 Å². The number of carboxylic acid groups (broad SMARTS) is 1. The van der Waals surface area contributed by atoms with E-state index in [0.717, 1.165) is 0 Å². The molecular formula is C9H12N2O2. The molecule has 0 aliphatic heterocycles. The third-order valence-corrected chi connectivity index (χ3v) is 1.87. The van der Waals surface area contributed by atoms with E-state index in [-0.39, 0.29) is 5.92 Å². The molecule has 4 heteroatoms. The molecule has 0 amide bonds. The SMILES string of the molecule is CC(C)C(C(=O)O)c1cncnc1. The van der Waals surface area contributed by atoms with Crippen LogP contribution < -0.4 is 0 Å². The third-order valence-electron chi connectivity index (χ3n) is 1.87. The first-order chi connectivity index (χ1) is 6.13. The molecule has 4 nitrogen and oxygen atoms in total. The van der Waals surface area contributed by atoms with Gasteiger partial charge in [0.1, 0.15) is 6.33 Å². The van der Waals surface area contributed by atoms with Crippen molar-refractivity contribution >= 4 is 5.97 Å². The normalized spacial score (nSPS) is 12.8. The second kappa shape index (κ2) is 3.98. The predicted octanol–water partition coefficient (Wildman–Crippen LogP) is 1.30. The van der Waals surface area contributed by atoms with Gasteiger partial charge in [0.15, 0.2) is 0 Å². The molecule has 0 fully saturated rings. The van der Waals surface area contributed by atoms with Crippen LogP contribution in [-0.2, 0) is 4.79 Å². The smallest absolute Gasteiger partial charge is 0.311 e. The van der Waals surface area contributed by atoms with E-state index in [1.165, 1.54) is 6.33 Å². The number of hydrogen-bond donors (Lipinski definition) is 1. The maximum Gasteiger partial charge on any atom is 0.311 e. The summed E-state index contributed by atoms with van der Waals surface area (Å²) in [6.45, 7) is 3.73. The molecule has 1 unspecified atom stereocenters. The molecule has 1 aromatic heterocycles. The van der Waals surface area contributed by atoms with E-state index in [1.54, 1.807) is 12.4 Å². The Morgan fingerprint density at radius 1 is 1.38 bits per heavy atom. The van der Waals surface area contributed by atoms with Gasteiger partial charge in [-0.05, 0) is 5.92 Å². The number of rotatable bonds is 3. The Balaban J connectivity index is 2.96. The Kier molecular flexibility index (Phi) is 2.95. The molecule has 1 heterocycles. The molecule has 1 aromatic rings. The van der Waals surface area contributed by atoms with Gasteiger partial charge in [0.25, 0.3) is 0 Å². The van der Waals surface area contributed by atoms with E-state index < -0.39 is 11.9 Å². The Morgan fingerprint density at radius 2 is 1.92 bits per heavy atom. The molecule has 13 heavy (non-hydrogen) atoms. The van der Waals surface area contributed by atoms with Crippen LogP contribution in [-0.4, -0.2) is 21.0 Å². The molecule has 0 saturated heterocycles. The van der Waals surface area contributed by atoms with Gasteiger partial charge in [-0.2, -0.15) is 0 Å². The highest BCUT2D eigenvalue weighted by Crippen LogP contribution is 2.22. The molecule has 70 valence electrons. The van der Waals surface area contributed by atoms with Gasteiger partial charge in [-0.25, -0.2) is 9.97 Å². The van der Waals surface area contributed by atoms with E-state index in [1.807, 2.05) is 13.8 Å². The highest BCUT2D eigenvalue weighted by atomic mass is 16.4. The van der Waals surface area contributed by atoms with E-state index in [0.29, 0.717) is 5.56 Å². The van der Waals surface area contributed by atoms with Crippen LogP contribution in [0.2, 0.25) is 0 Å².